The van der Waals surface area contributed by atoms with Crippen molar-refractivity contribution in [3.05, 3.63) is 0 Å². The van der Waals surface area contributed by atoms with Crippen LogP contribution in [-0.4, -0.2) is 46.4 Å². The van der Waals surface area contributed by atoms with E-state index in [1.807, 2.05) is 13.8 Å². The molecule has 0 bridgehead atoms. The Morgan fingerprint density at radius 3 is 2.30 bits per heavy atom. The van der Waals surface area contributed by atoms with Crippen molar-refractivity contribution in [2.45, 2.75) is 77.8 Å². The SMILES string of the molecule is CCC(C)N(CC(=O)O)C(=O)C(C)NC(=O)CC1CCCCC1. The molecular weight excluding hydrogens is 296 g/mol. The number of nitrogens with zero attached hydrogens (tertiary/aromatic N) is 1. The number of amides is 2. The predicted molar refractivity (Wildman–Crippen MR) is 87.9 cm³/mol. The maximum absolute atomic E-state index is 12.5. The summed E-state index contributed by atoms with van der Waals surface area (Å²) in [5, 5.41) is 11.7. The molecule has 1 aliphatic carbocycles. The van der Waals surface area contributed by atoms with Crippen LogP contribution >= 0.6 is 0 Å². The first-order valence-electron chi connectivity index (χ1n) is 8.66. The quantitative estimate of drug-likeness (QED) is 0.716. The van der Waals surface area contributed by atoms with E-state index in [1.54, 1.807) is 6.92 Å². The Morgan fingerprint density at radius 2 is 1.78 bits per heavy atom. The highest BCUT2D eigenvalue weighted by Crippen LogP contribution is 2.26. The second-order valence-corrected chi connectivity index (χ2v) is 6.61. The van der Waals surface area contributed by atoms with Gasteiger partial charge < -0.3 is 15.3 Å². The largest absolute Gasteiger partial charge is 0.480 e. The fraction of sp³-hybridized carbons (Fsp3) is 0.824. The summed E-state index contributed by atoms with van der Waals surface area (Å²) in [5.41, 5.74) is 0. The molecule has 1 fully saturated rings. The topological polar surface area (TPSA) is 86.7 Å². The Bertz CT molecular complexity index is 419. The molecular formula is C17H30N2O4. The van der Waals surface area contributed by atoms with Gasteiger partial charge in [0.25, 0.3) is 0 Å². The fourth-order valence-electron chi connectivity index (χ4n) is 3.08. The lowest BCUT2D eigenvalue weighted by molar-refractivity contribution is -0.147. The minimum Gasteiger partial charge on any atom is -0.480 e. The van der Waals surface area contributed by atoms with Gasteiger partial charge in [0.2, 0.25) is 11.8 Å². The lowest BCUT2D eigenvalue weighted by Gasteiger charge is -2.30. The van der Waals surface area contributed by atoms with Crippen molar-refractivity contribution in [2.24, 2.45) is 5.92 Å². The highest BCUT2D eigenvalue weighted by molar-refractivity contribution is 5.89. The average molecular weight is 326 g/mol. The summed E-state index contributed by atoms with van der Waals surface area (Å²) in [6, 6.07) is -0.865. The molecule has 2 unspecified atom stereocenters. The molecule has 0 aliphatic heterocycles. The van der Waals surface area contributed by atoms with Crippen LogP contribution in [0.5, 0.6) is 0 Å². The zero-order valence-electron chi connectivity index (χ0n) is 14.5. The second-order valence-electron chi connectivity index (χ2n) is 6.61. The molecule has 0 saturated heterocycles. The van der Waals surface area contributed by atoms with E-state index in [0.717, 1.165) is 12.8 Å². The van der Waals surface area contributed by atoms with Gasteiger partial charge in [0.1, 0.15) is 12.6 Å². The Balaban J connectivity index is 2.55. The monoisotopic (exact) mass is 326 g/mol. The number of aliphatic carboxylic acids is 1. The van der Waals surface area contributed by atoms with Crippen LogP contribution < -0.4 is 5.32 Å². The number of hydrogen-bond donors (Lipinski definition) is 2. The normalized spacial score (nSPS) is 18.0. The molecule has 1 saturated carbocycles. The van der Waals surface area contributed by atoms with Crippen molar-refractivity contribution in [1.82, 2.24) is 10.2 Å². The van der Waals surface area contributed by atoms with E-state index >= 15 is 0 Å². The summed E-state index contributed by atoms with van der Waals surface area (Å²) < 4.78 is 0. The molecule has 2 N–H and O–H groups in total. The lowest BCUT2D eigenvalue weighted by Crippen LogP contribution is -2.51. The maximum Gasteiger partial charge on any atom is 0.323 e. The van der Waals surface area contributed by atoms with Gasteiger partial charge in [0, 0.05) is 12.5 Å². The van der Waals surface area contributed by atoms with Crippen LogP contribution in [0.15, 0.2) is 0 Å². The third kappa shape index (κ3) is 6.59. The van der Waals surface area contributed by atoms with Gasteiger partial charge >= 0.3 is 5.97 Å². The van der Waals surface area contributed by atoms with Crippen molar-refractivity contribution >= 4 is 17.8 Å². The van der Waals surface area contributed by atoms with Crippen molar-refractivity contribution in [3.8, 4) is 0 Å². The van der Waals surface area contributed by atoms with Crippen LogP contribution in [0.3, 0.4) is 0 Å². The molecule has 0 spiro atoms. The number of rotatable bonds is 8. The number of carboxylic acid groups (broad SMARTS) is 1. The molecule has 0 aromatic carbocycles. The number of carbonyl (C=O) groups is 3. The second kappa shape index (κ2) is 9.53. The van der Waals surface area contributed by atoms with E-state index in [4.69, 9.17) is 5.11 Å². The summed E-state index contributed by atoms with van der Waals surface area (Å²) in [7, 11) is 0. The molecule has 6 heteroatoms. The van der Waals surface area contributed by atoms with E-state index in [9.17, 15) is 14.4 Å². The first kappa shape index (κ1) is 19.5. The maximum atomic E-state index is 12.5. The third-order valence-electron chi connectivity index (χ3n) is 4.66. The van der Waals surface area contributed by atoms with Gasteiger partial charge in [-0.05, 0) is 39.0 Å². The van der Waals surface area contributed by atoms with Crippen LogP contribution in [0.1, 0.15) is 65.7 Å². The minimum absolute atomic E-state index is 0.114. The summed E-state index contributed by atoms with van der Waals surface area (Å²) in [6.45, 7) is 5.01. The molecule has 1 aliphatic rings. The first-order valence-corrected chi connectivity index (χ1v) is 8.66. The van der Waals surface area contributed by atoms with Crippen LogP contribution in [0, 0.1) is 5.92 Å². The van der Waals surface area contributed by atoms with Crippen molar-refractivity contribution in [2.75, 3.05) is 6.54 Å². The first-order chi connectivity index (χ1) is 10.8. The van der Waals surface area contributed by atoms with Gasteiger partial charge in [0.15, 0.2) is 0 Å². The fourth-order valence-corrected chi connectivity index (χ4v) is 3.08. The van der Waals surface area contributed by atoms with Gasteiger partial charge in [-0.2, -0.15) is 0 Å². The van der Waals surface area contributed by atoms with Crippen LogP contribution in [0.25, 0.3) is 0 Å². The summed E-state index contributed by atoms with van der Waals surface area (Å²) in [4.78, 5) is 36.9. The van der Waals surface area contributed by atoms with Gasteiger partial charge in [-0.3, -0.25) is 14.4 Å². The van der Waals surface area contributed by atoms with Gasteiger partial charge in [0.05, 0.1) is 0 Å². The Morgan fingerprint density at radius 1 is 1.17 bits per heavy atom. The van der Waals surface area contributed by atoms with E-state index in [-0.39, 0.29) is 24.4 Å². The summed E-state index contributed by atoms with van der Waals surface area (Å²) in [5.74, 6) is -1.08. The zero-order valence-corrected chi connectivity index (χ0v) is 14.5. The molecule has 2 amide bonds. The van der Waals surface area contributed by atoms with E-state index in [2.05, 4.69) is 5.32 Å². The molecule has 0 aromatic rings. The lowest BCUT2D eigenvalue weighted by atomic mass is 9.87. The zero-order chi connectivity index (χ0) is 17.4. The molecule has 132 valence electrons. The molecule has 0 heterocycles. The molecule has 1 rings (SSSR count). The number of carbonyl (C=O) groups excluding carboxylic acids is 2. The number of hydrogen-bond acceptors (Lipinski definition) is 3. The predicted octanol–water partition coefficient (Wildman–Crippen LogP) is 2.17. The highest BCUT2D eigenvalue weighted by Gasteiger charge is 2.27. The van der Waals surface area contributed by atoms with Crippen molar-refractivity contribution < 1.29 is 19.5 Å². The summed E-state index contributed by atoms with van der Waals surface area (Å²) in [6.07, 6.45) is 6.87. The van der Waals surface area contributed by atoms with Gasteiger partial charge in [-0.1, -0.05) is 26.2 Å². The van der Waals surface area contributed by atoms with E-state index in [1.165, 1.54) is 24.2 Å². The number of nitrogens with one attached hydrogen (secondary N) is 1. The molecule has 6 nitrogen and oxygen atoms in total. The smallest absolute Gasteiger partial charge is 0.323 e. The van der Waals surface area contributed by atoms with Crippen LogP contribution in [0.2, 0.25) is 0 Å². The van der Waals surface area contributed by atoms with E-state index in [0.29, 0.717) is 18.8 Å². The van der Waals surface area contributed by atoms with E-state index < -0.39 is 12.0 Å². The van der Waals surface area contributed by atoms with Crippen molar-refractivity contribution in [1.29, 1.82) is 0 Å². The molecule has 2 atom stereocenters. The van der Waals surface area contributed by atoms with Crippen LogP contribution in [-0.2, 0) is 14.4 Å². The van der Waals surface area contributed by atoms with Gasteiger partial charge in [-0.15, -0.1) is 0 Å². The Kier molecular flexibility index (Phi) is 8.06. The molecule has 0 aromatic heterocycles. The highest BCUT2D eigenvalue weighted by atomic mass is 16.4. The summed E-state index contributed by atoms with van der Waals surface area (Å²) >= 11 is 0. The molecule has 23 heavy (non-hydrogen) atoms. The van der Waals surface area contributed by atoms with Crippen LogP contribution in [0.4, 0.5) is 0 Å². The number of carboxylic acids is 1. The molecule has 0 radical (unpaired) electrons. The minimum atomic E-state index is -1.04. The Hall–Kier alpha value is -1.59. The Labute approximate surface area is 138 Å². The average Bonchev–Trinajstić information content (AvgIpc) is 2.51. The third-order valence-corrected chi connectivity index (χ3v) is 4.66. The van der Waals surface area contributed by atoms with Gasteiger partial charge in [-0.25, -0.2) is 0 Å². The standard InChI is InChI=1S/C17H30N2O4/c1-4-12(2)19(11-16(21)22)17(23)13(3)18-15(20)10-14-8-6-5-7-9-14/h12-14H,4-11H2,1-3H3,(H,18,20)(H,21,22). The van der Waals surface area contributed by atoms with Crippen molar-refractivity contribution in [3.63, 3.8) is 0 Å².